The van der Waals surface area contributed by atoms with Gasteiger partial charge >= 0.3 is 5.97 Å². The third kappa shape index (κ3) is 3.58. The molecule has 1 N–H and O–H groups in total. The molecule has 1 unspecified atom stereocenters. The van der Waals surface area contributed by atoms with Gasteiger partial charge < -0.3 is 9.84 Å². The number of rotatable bonds is 5. The first-order valence-electron chi connectivity index (χ1n) is 4.74. The molecule has 0 saturated carbocycles. The lowest BCUT2D eigenvalue weighted by Gasteiger charge is -2.10. The van der Waals surface area contributed by atoms with Crippen LogP contribution < -0.4 is 4.74 Å². The summed E-state index contributed by atoms with van der Waals surface area (Å²) in [4.78, 5) is 10.4. The van der Waals surface area contributed by atoms with Crippen molar-refractivity contribution < 1.29 is 14.6 Å². The molecule has 0 bridgehead atoms. The van der Waals surface area contributed by atoms with Gasteiger partial charge in [-0.1, -0.05) is 17.7 Å². The van der Waals surface area contributed by atoms with Gasteiger partial charge in [0.05, 0.1) is 17.5 Å². The normalized spacial score (nSPS) is 12.2. The van der Waals surface area contributed by atoms with Gasteiger partial charge in [-0.25, -0.2) is 0 Å². The van der Waals surface area contributed by atoms with Crippen molar-refractivity contribution >= 4 is 29.2 Å². The molecule has 1 rings (SSSR count). The highest BCUT2D eigenvalue weighted by Gasteiger charge is 2.12. The summed E-state index contributed by atoms with van der Waals surface area (Å²) >= 11 is 12.0. The predicted molar refractivity (Wildman–Crippen MR) is 63.5 cm³/mol. The number of ether oxygens (including phenoxy) is 1. The van der Waals surface area contributed by atoms with E-state index in [1.807, 2.05) is 0 Å². The Morgan fingerprint density at radius 3 is 2.75 bits per heavy atom. The van der Waals surface area contributed by atoms with Crippen LogP contribution in [0.5, 0.6) is 5.75 Å². The molecule has 88 valence electrons. The molecule has 1 aromatic carbocycles. The van der Waals surface area contributed by atoms with Crippen LogP contribution in [0.2, 0.25) is 5.02 Å². The zero-order valence-electron chi connectivity index (χ0n) is 8.74. The van der Waals surface area contributed by atoms with E-state index in [1.165, 1.54) is 7.11 Å². The first-order chi connectivity index (χ1) is 7.54. The molecule has 1 aromatic rings. The quantitative estimate of drug-likeness (QED) is 0.827. The molecule has 16 heavy (non-hydrogen) atoms. The van der Waals surface area contributed by atoms with Crippen LogP contribution in [0.1, 0.15) is 23.8 Å². The third-order valence-corrected chi connectivity index (χ3v) is 2.91. The lowest BCUT2D eigenvalue weighted by molar-refractivity contribution is -0.137. The van der Waals surface area contributed by atoms with Crippen LogP contribution in [0, 0.1) is 0 Å². The highest BCUT2D eigenvalue weighted by molar-refractivity contribution is 6.32. The second-order valence-electron chi connectivity index (χ2n) is 3.29. The minimum absolute atomic E-state index is 0.0395. The highest BCUT2D eigenvalue weighted by atomic mass is 35.5. The van der Waals surface area contributed by atoms with Crippen molar-refractivity contribution in [3.63, 3.8) is 0 Å². The molecule has 0 aromatic heterocycles. The van der Waals surface area contributed by atoms with Gasteiger partial charge in [0.25, 0.3) is 0 Å². The Balaban J connectivity index is 2.72. The molecular formula is C11H12Cl2O3. The Bertz CT molecular complexity index is 379. The molecule has 0 aliphatic rings. The summed E-state index contributed by atoms with van der Waals surface area (Å²) in [6.07, 6.45) is 0.414. The summed E-state index contributed by atoms with van der Waals surface area (Å²) in [5.74, 6) is -0.280. The van der Waals surface area contributed by atoms with Crippen molar-refractivity contribution in [2.75, 3.05) is 7.11 Å². The van der Waals surface area contributed by atoms with Gasteiger partial charge in [0.15, 0.2) is 0 Å². The van der Waals surface area contributed by atoms with E-state index in [0.29, 0.717) is 17.2 Å². The maximum atomic E-state index is 10.4. The van der Waals surface area contributed by atoms with Crippen molar-refractivity contribution in [3.05, 3.63) is 28.8 Å². The fraction of sp³-hybridized carbons (Fsp3) is 0.364. The van der Waals surface area contributed by atoms with E-state index in [1.54, 1.807) is 18.2 Å². The smallest absolute Gasteiger partial charge is 0.303 e. The van der Waals surface area contributed by atoms with Crippen molar-refractivity contribution in [2.24, 2.45) is 0 Å². The monoisotopic (exact) mass is 262 g/mol. The number of carbonyl (C=O) groups is 1. The highest BCUT2D eigenvalue weighted by Crippen LogP contribution is 2.32. The molecule has 0 fully saturated rings. The lowest BCUT2D eigenvalue weighted by atomic mass is 10.1. The van der Waals surface area contributed by atoms with Crippen LogP contribution >= 0.6 is 23.2 Å². The Morgan fingerprint density at radius 1 is 1.56 bits per heavy atom. The third-order valence-electron chi connectivity index (χ3n) is 2.15. The van der Waals surface area contributed by atoms with Gasteiger partial charge in [-0.2, -0.15) is 0 Å². The number of alkyl halides is 1. The number of aliphatic carboxylic acids is 1. The number of hydrogen-bond donors (Lipinski definition) is 1. The van der Waals surface area contributed by atoms with Gasteiger partial charge in [-0.15, -0.1) is 11.6 Å². The molecule has 0 amide bonds. The van der Waals surface area contributed by atoms with Crippen molar-refractivity contribution in [1.29, 1.82) is 0 Å². The maximum absolute atomic E-state index is 10.4. The maximum Gasteiger partial charge on any atom is 0.303 e. The number of methoxy groups -OCH3 is 1. The van der Waals surface area contributed by atoms with Gasteiger partial charge in [-0.05, 0) is 24.1 Å². The van der Waals surface area contributed by atoms with E-state index >= 15 is 0 Å². The lowest BCUT2D eigenvalue weighted by Crippen LogP contribution is -1.98. The van der Waals surface area contributed by atoms with Crippen LogP contribution in [-0.2, 0) is 4.79 Å². The molecule has 0 heterocycles. The van der Waals surface area contributed by atoms with Gasteiger partial charge in [-0.3, -0.25) is 4.79 Å². The minimum atomic E-state index is -0.856. The number of carboxylic acids is 1. The van der Waals surface area contributed by atoms with E-state index in [9.17, 15) is 4.79 Å². The first-order valence-corrected chi connectivity index (χ1v) is 5.55. The number of hydrogen-bond acceptors (Lipinski definition) is 2. The summed E-state index contributed by atoms with van der Waals surface area (Å²) in [5.41, 5.74) is 0.800. The second-order valence-corrected chi connectivity index (χ2v) is 4.23. The summed E-state index contributed by atoms with van der Waals surface area (Å²) in [5, 5.41) is 8.67. The van der Waals surface area contributed by atoms with E-state index in [-0.39, 0.29) is 11.8 Å². The minimum Gasteiger partial charge on any atom is -0.495 e. The first kappa shape index (κ1) is 13.1. The Kier molecular flexibility index (Phi) is 4.90. The van der Waals surface area contributed by atoms with E-state index in [2.05, 4.69) is 0 Å². The SMILES string of the molecule is COc1ccc(C(Cl)CCC(=O)O)cc1Cl. The average Bonchev–Trinajstić information content (AvgIpc) is 2.25. The van der Waals surface area contributed by atoms with E-state index in [4.69, 9.17) is 33.0 Å². The van der Waals surface area contributed by atoms with Gasteiger partial charge in [0.1, 0.15) is 5.75 Å². The number of halogens is 2. The fourth-order valence-electron chi connectivity index (χ4n) is 1.29. The van der Waals surface area contributed by atoms with Gasteiger partial charge in [0, 0.05) is 6.42 Å². The number of benzene rings is 1. The predicted octanol–water partition coefficient (Wildman–Crippen LogP) is 3.49. The number of carboxylic acid groups (broad SMARTS) is 1. The molecule has 0 spiro atoms. The van der Waals surface area contributed by atoms with Gasteiger partial charge in [0.2, 0.25) is 0 Å². The molecular weight excluding hydrogens is 251 g/mol. The molecule has 5 heteroatoms. The van der Waals surface area contributed by atoms with Crippen molar-refractivity contribution in [1.82, 2.24) is 0 Å². The molecule has 1 atom stereocenters. The zero-order valence-corrected chi connectivity index (χ0v) is 10.3. The average molecular weight is 263 g/mol. The molecule has 0 aliphatic carbocycles. The zero-order chi connectivity index (χ0) is 12.1. The van der Waals surface area contributed by atoms with Crippen LogP contribution in [0.25, 0.3) is 0 Å². The molecule has 0 aliphatic heterocycles. The van der Waals surface area contributed by atoms with E-state index in [0.717, 1.165) is 5.56 Å². The Hall–Kier alpha value is -0.930. The fourth-order valence-corrected chi connectivity index (χ4v) is 1.81. The van der Waals surface area contributed by atoms with E-state index < -0.39 is 5.97 Å². The summed E-state index contributed by atoms with van der Waals surface area (Å²) in [6, 6.07) is 5.19. The molecule has 3 nitrogen and oxygen atoms in total. The largest absolute Gasteiger partial charge is 0.495 e. The van der Waals surface area contributed by atoms with Crippen LogP contribution in [0.4, 0.5) is 0 Å². The standard InChI is InChI=1S/C11H12Cl2O3/c1-16-10-4-2-7(6-9(10)13)8(12)3-5-11(14)15/h2,4,6,8H,3,5H2,1H3,(H,14,15). The van der Waals surface area contributed by atoms with Crippen LogP contribution in [0.15, 0.2) is 18.2 Å². The summed E-state index contributed by atoms with van der Waals surface area (Å²) in [6.45, 7) is 0. The molecule has 0 radical (unpaired) electrons. The molecule has 0 saturated heterocycles. The van der Waals surface area contributed by atoms with Crippen molar-refractivity contribution in [2.45, 2.75) is 18.2 Å². The Morgan fingerprint density at radius 2 is 2.25 bits per heavy atom. The topological polar surface area (TPSA) is 46.5 Å². The Labute approximate surface area is 104 Å². The van der Waals surface area contributed by atoms with Crippen LogP contribution in [-0.4, -0.2) is 18.2 Å². The summed E-state index contributed by atoms with van der Waals surface area (Å²) in [7, 11) is 1.53. The van der Waals surface area contributed by atoms with Crippen molar-refractivity contribution in [3.8, 4) is 5.75 Å². The summed E-state index contributed by atoms with van der Waals surface area (Å²) < 4.78 is 5.01. The second kappa shape index (κ2) is 5.97. The van der Waals surface area contributed by atoms with Crippen LogP contribution in [0.3, 0.4) is 0 Å².